The quantitative estimate of drug-likeness (QED) is 0.827. The number of benzene rings is 1. The van der Waals surface area contributed by atoms with Gasteiger partial charge in [0, 0.05) is 6.04 Å². The SMILES string of the molecule is CCc1cc(C(N)C2(C(=O)OC)CC2)ccc1OC. The van der Waals surface area contributed by atoms with E-state index in [0.717, 1.165) is 36.1 Å². The Balaban J connectivity index is 2.29. The molecule has 4 nitrogen and oxygen atoms in total. The fourth-order valence-corrected chi connectivity index (χ4v) is 2.57. The Bertz CT molecular complexity index is 480. The van der Waals surface area contributed by atoms with E-state index < -0.39 is 5.41 Å². The summed E-state index contributed by atoms with van der Waals surface area (Å²) in [5.41, 5.74) is 7.85. The van der Waals surface area contributed by atoms with E-state index in [4.69, 9.17) is 15.2 Å². The van der Waals surface area contributed by atoms with Crippen LogP contribution in [0.4, 0.5) is 0 Å². The number of rotatable bonds is 5. The van der Waals surface area contributed by atoms with Crippen molar-refractivity contribution < 1.29 is 14.3 Å². The van der Waals surface area contributed by atoms with Crippen LogP contribution in [0.1, 0.15) is 36.9 Å². The van der Waals surface area contributed by atoms with Crippen molar-refractivity contribution in [1.82, 2.24) is 0 Å². The molecule has 2 N–H and O–H groups in total. The maximum Gasteiger partial charge on any atom is 0.313 e. The van der Waals surface area contributed by atoms with E-state index in [0.29, 0.717) is 0 Å². The summed E-state index contributed by atoms with van der Waals surface area (Å²) in [5.74, 6) is 0.662. The van der Waals surface area contributed by atoms with Crippen LogP contribution in [0.3, 0.4) is 0 Å². The van der Waals surface area contributed by atoms with Crippen LogP contribution < -0.4 is 10.5 Å². The lowest BCUT2D eigenvalue weighted by Gasteiger charge is -2.22. The molecule has 0 heterocycles. The molecule has 1 aliphatic carbocycles. The Kier molecular flexibility index (Phi) is 3.80. The second kappa shape index (κ2) is 5.21. The number of ether oxygens (including phenoxy) is 2. The third-order valence-corrected chi connectivity index (χ3v) is 4.02. The molecule has 1 aromatic carbocycles. The second-order valence-electron chi connectivity index (χ2n) is 5.05. The van der Waals surface area contributed by atoms with Gasteiger partial charge in [0.25, 0.3) is 0 Å². The van der Waals surface area contributed by atoms with Crippen molar-refractivity contribution in [2.24, 2.45) is 11.1 Å². The Labute approximate surface area is 113 Å². The van der Waals surface area contributed by atoms with Gasteiger partial charge >= 0.3 is 5.97 Å². The van der Waals surface area contributed by atoms with E-state index in [2.05, 4.69) is 6.92 Å². The van der Waals surface area contributed by atoms with Crippen LogP contribution in [0.2, 0.25) is 0 Å². The number of hydrogen-bond acceptors (Lipinski definition) is 4. The lowest BCUT2D eigenvalue weighted by Crippen LogP contribution is -2.31. The van der Waals surface area contributed by atoms with Crippen molar-refractivity contribution in [3.8, 4) is 5.75 Å². The Hall–Kier alpha value is -1.55. The molecule has 1 aliphatic rings. The van der Waals surface area contributed by atoms with E-state index in [9.17, 15) is 4.79 Å². The first kappa shape index (κ1) is 13.9. The van der Waals surface area contributed by atoms with Crippen molar-refractivity contribution in [2.45, 2.75) is 32.2 Å². The first-order valence-electron chi connectivity index (χ1n) is 6.60. The van der Waals surface area contributed by atoms with Crippen molar-refractivity contribution in [3.05, 3.63) is 29.3 Å². The monoisotopic (exact) mass is 263 g/mol. The van der Waals surface area contributed by atoms with Crippen LogP contribution in [-0.4, -0.2) is 20.2 Å². The van der Waals surface area contributed by atoms with Gasteiger partial charge < -0.3 is 15.2 Å². The predicted octanol–water partition coefficient (Wildman–Crippen LogP) is 2.21. The highest BCUT2D eigenvalue weighted by Gasteiger charge is 2.56. The summed E-state index contributed by atoms with van der Waals surface area (Å²) in [6.07, 6.45) is 2.47. The fourth-order valence-electron chi connectivity index (χ4n) is 2.57. The van der Waals surface area contributed by atoms with Crippen LogP contribution in [-0.2, 0) is 16.0 Å². The van der Waals surface area contributed by atoms with Crippen molar-refractivity contribution >= 4 is 5.97 Å². The normalized spacial score (nSPS) is 17.7. The average Bonchev–Trinajstić information content (AvgIpc) is 3.26. The second-order valence-corrected chi connectivity index (χ2v) is 5.05. The number of aryl methyl sites for hydroxylation is 1. The Morgan fingerprint density at radius 1 is 1.42 bits per heavy atom. The van der Waals surface area contributed by atoms with Crippen LogP contribution in [0.25, 0.3) is 0 Å². The summed E-state index contributed by atoms with van der Waals surface area (Å²) < 4.78 is 10.2. The zero-order chi connectivity index (χ0) is 14.0. The zero-order valence-corrected chi connectivity index (χ0v) is 11.7. The molecular formula is C15H21NO3. The number of esters is 1. The molecule has 0 aromatic heterocycles. The summed E-state index contributed by atoms with van der Waals surface area (Å²) in [4.78, 5) is 11.9. The van der Waals surface area contributed by atoms with E-state index >= 15 is 0 Å². The van der Waals surface area contributed by atoms with Crippen molar-refractivity contribution in [1.29, 1.82) is 0 Å². The van der Waals surface area contributed by atoms with Gasteiger partial charge in [-0.25, -0.2) is 0 Å². The summed E-state index contributed by atoms with van der Waals surface area (Å²) in [5, 5.41) is 0. The van der Waals surface area contributed by atoms with E-state index in [1.54, 1.807) is 7.11 Å². The van der Waals surface area contributed by atoms with Crippen molar-refractivity contribution in [3.63, 3.8) is 0 Å². The number of methoxy groups -OCH3 is 2. The third kappa shape index (κ3) is 2.32. The molecule has 0 radical (unpaired) electrons. The third-order valence-electron chi connectivity index (χ3n) is 4.02. The van der Waals surface area contributed by atoms with Gasteiger partial charge in [0.2, 0.25) is 0 Å². The number of carbonyl (C=O) groups excluding carboxylic acids is 1. The van der Waals surface area contributed by atoms with E-state index in [-0.39, 0.29) is 12.0 Å². The van der Waals surface area contributed by atoms with E-state index in [1.165, 1.54) is 7.11 Å². The minimum Gasteiger partial charge on any atom is -0.496 e. The average molecular weight is 263 g/mol. The minimum atomic E-state index is -0.519. The highest BCUT2D eigenvalue weighted by molar-refractivity contribution is 5.81. The van der Waals surface area contributed by atoms with Gasteiger partial charge in [-0.05, 0) is 36.5 Å². The molecule has 1 atom stereocenters. The molecule has 19 heavy (non-hydrogen) atoms. The minimum absolute atomic E-state index is 0.200. The Morgan fingerprint density at radius 2 is 2.11 bits per heavy atom. The molecule has 0 amide bonds. The van der Waals surface area contributed by atoms with Crippen LogP contribution >= 0.6 is 0 Å². The number of hydrogen-bond donors (Lipinski definition) is 1. The molecule has 1 saturated carbocycles. The lowest BCUT2D eigenvalue weighted by atomic mass is 9.89. The largest absolute Gasteiger partial charge is 0.496 e. The number of nitrogens with two attached hydrogens (primary N) is 1. The fraction of sp³-hybridized carbons (Fsp3) is 0.533. The molecule has 4 heteroatoms. The molecule has 1 unspecified atom stereocenters. The molecule has 1 fully saturated rings. The van der Waals surface area contributed by atoms with Gasteiger partial charge in [-0.3, -0.25) is 4.79 Å². The molecule has 0 spiro atoms. The molecule has 0 bridgehead atoms. The van der Waals surface area contributed by atoms with Gasteiger partial charge in [0.15, 0.2) is 0 Å². The molecule has 0 aliphatic heterocycles. The molecule has 2 rings (SSSR count). The molecule has 104 valence electrons. The topological polar surface area (TPSA) is 61.6 Å². The van der Waals surface area contributed by atoms with Crippen LogP contribution in [0, 0.1) is 5.41 Å². The van der Waals surface area contributed by atoms with E-state index in [1.807, 2.05) is 18.2 Å². The van der Waals surface area contributed by atoms with Gasteiger partial charge in [0.05, 0.1) is 19.6 Å². The summed E-state index contributed by atoms with van der Waals surface area (Å²) in [7, 11) is 3.07. The van der Waals surface area contributed by atoms with Gasteiger partial charge in [0.1, 0.15) is 5.75 Å². The van der Waals surface area contributed by atoms with Crippen LogP contribution in [0.5, 0.6) is 5.75 Å². The highest BCUT2D eigenvalue weighted by atomic mass is 16.5. The van der Waals surface area contributed by atoms with Crippen LogP contribution in [0.15, 0.2) is 18.2 Å². The molecule has 1 aromatic rings. The lowest BCUT2D eigenvalue weighted by molar-refractivity contribution is -0.148. The summed E-state index contributed by atoms with van der Waals surface area (Å²) in [6.45, 7) is 2.07. The first-order valence-corrected chi connectivity index (χ1v) is 6.60. The Morgan fingerprint density at radius 3 is 2.58 bits per heavy atom. The first-order chi connectivity index (χ1) is 9.08. The van der Waals surface area contributed by atoms with Gasteiger partial charge in [-0.1, -0.05) is 19.1 Å². The van der Waals surface area contributed by atoms with Crippen molar-refractivity contribution in [2.75, 3.05) is 14.2 Å². The summed E-state index contributed by atoms with van der Waals surface area (Å²) >= 11 is 0. The maximum absolute atomic E-state index is 11.9. The standard InChI is InChI=1S/C15H21NO3/c1-4-10-9-11(5-6-12(10)18-2)13(16)15(7-8-15)14(17)19-3/h5-6,9,13H,4,7-8,16H2,1-3H3. The van der Waals surface area contributed by atoms with Gasteiger partial charge in [-0.2, -0.15) is 0 Å². The van der Waals surface area contributed by atoms with Gasteiger partial charge in [-0.15, -0.1) is 0 Å². The molecular weight excluding hydrogens is 242 g/mol. The number of carbonyl (C=O) groups is 1. The zero-order valence-electron chi connectivity index (χ0n) is 11.7. The smallest absolute Gasteiger partial charge is 0.313 e. The predicted molar refractivity (Wildman–Crippen MR) is 73.0 cm³/mol. The highest BCUT2D eigenvalue weighted by Crippen LogP contribution is 2.54. The maximum atomic E-state index is 11.9. The summed E-state index contributed by atoms with van der Waals surface area (Å²) in [6, 6.07) is 5.58. The molecule has 0 saturated heterocycles.